The lowest BCUT2D eigenvalue weighted by Gasteiger charge is -2.49. The largest absolute Gasteiger partial charge is 0.467 e. The molecule has 0 saturated heterocycles. The van der Waals surface area contributed by atoms with Crippen molar-refractivity contribution in [3.63, 3.8) is 0 Å². The first-order chi connectivity index (χ1) is 10.6. The number of hydrogen-bond acceptors (Lipinski definition) is 3. The van der Waals surface area contributed by atoms with Crippen molar-refractivity contribution in [2.24, 2.45) is 5.92 Å². The number of carbonyl (C=O) groups is 1. The van der Waals surface area contributed by atoms with Gasteiger partial charge in [0.15, 0.2) is 0 Å². The van der Waals surface area contributed by atoms with Gasteiger partial charge in [-0.1, -0.05) is 32.4 Å². The summed E-state index contributed by atoms with van der Waals surface area (Å²) < 4.78 is 18.0. The molecule has 0 radical (unpaired) electrons. The summed E-state index contributed by atoms with van der Waals surface area (Å²) in [5.74, 6) is 0.383. The minimum absolute atomic E-state index is 0.0825. The van der Waals surface area contributed by atoms with E-state index in [2.05, 4.69) is 19.2 Å². The van der Waals surface area contributed by atoms with E-state index in [0.717, 1.165) is 19.3 Å². The van der Waals surface area contributed by atoms with Crippen molar-refractivity contribution in [3.8, 4) is 0 Å². The summed E-state index contributed by atoms with van der Waals surface area (Å²) >= 11 is 0. The van der Waals surface area contributed by atoms with Crippen molar-refractivity contribution in [1.29, 1.82) is 0 Å². The predicted molar refractivity (Wildman–Crippen MR) is 85.2 cm³/mol. The van der Waals surface area contributed by atoms with Gasteiger partial charge >= 0.3 is 0 Å². The predicted octanol–water partition coefficient (Wildman–Crippen LogP) is 3.42. The van der Waals surface area contributed by atoms with Gasteiger partial charge in [-0.2, -0.15) is 0 Å². The van der Waals surface area contributed by atoms with Crippen LogP contribution in [0.1, 0.15) is 45.1 Å². The van der Waals surface area contributed by atoms with Crippen LogP contribution < -0.4 is 5.32 Å². The molecule has 0 bridgehead atoms. The molecule has 1 aromatic carbocycles. The van der Waals surface area contributed by atoms with Gasteiger partial charge < -0.3 is 10.1 Å². The van der Waals surface area contributed by atoms with Crippen LogP contribution in [-0.2, 0) is 14.9 Å². The second kappa shape index (κ2) is 7.73. The van der Waals surface area contributed by atoms with Gasteiger partial charge in [0.05, 0.1) is 0 Å². The van der Waals surface area contributed by atoms with Crippen LogP contribution >= 0.6 is 0 Å². The van der Waals surface area contributed by atoms with Crippen LogP contribution in [0.3, 0.4) is 0 Å². The van der Waals surface area contributed by atoms with E-state index in [1.165, 1.54) is 12.0 Å². The van der Waals surface area contributed by atoms with Gasteiger partial charge in [-0.15, -0.1) is 0 Å². The number of halogens is 1. The molecule has 0 amide bonds. The van der Waals surface area contributed by atoms with Crippen molar-refractivity contribution < 1.29 is 13.9 Å². The van der Waals surface area contributed by atoms with Crippen LogP contribution in [0.4, 0.5) is 4.39 Å². The Morgan fingerprint density at radius 3 is 2.50 bits per heavy atom. The Morgan fingerprint density at radius 1 is 1.32 bits per heavy atom. The maximum atomic E-state index is 13.2. The second-order valence-electron chi connectivity index (χ2n) is 6.62. The zero-order chi connectivity index (χ0) is 16.0. The number of ether oxygens (including phenoxy) is 1. The highest BCUT2D eigenvalue weighted by Crippen LogP contribution is 2.48. The molecule has 0 heterocycles. The third-order valence-electron chi connectivity index (χ3n) is 4.72. The molecule has 1 N–H and O–H groups in total. The van der Waals surface area contributed by atoms with Crippen LogP contribution in [-0.4, -0.2) is 25.7 Å². The third-order valence-corrected chi connectivity index (χ3v) is 4.72. The monoisotopic (exact) mass is 307 g/mol. The van der Waals surface area contributed by atoms with Crippen molar-refractivity contribution >= 4 is 6.47 Å². The number of benzene rings is 1. The summed E-state index contributed by atoms with van der Waals surface area (Å²) in [4.78, 5) is 10.3. The van der Waals surface area contributed by atoms with E-state index < -0.39 is 0 Å². The Balaban J connectivity index is 2.14. The third kappa shape index (κ3) is 3.86. The van der Waals surface area contributed by atoms with Crippen LogP contribution in [0.2, 0.25) is 0 Å². The molecule has 1 unspecified atom stereocenters. The summed E-state index contributed by atoms with van der Waals surface area (Å²) in [5, 5.41) is 3.56. The van der Waals surface area contributed by atoms with Crippen molar-refractivity contribution in [3.05, 3.63) is 35.6 Å². The number of hydrogen-bond donors (Lipinski definition) is 1. The second-order valence-corrected chi connectivity index (χ2v) is 6.62. The Labute approximate surface area is 132 Å². The minimum Gasteiger partial charge on any atom is -0.467 e. The van der Waals surface area contributed by atoms with Gasteiger partial charge in [-0.05, 0) is 42.9 Å². The zero-order valence-electron chi connectivity index (χ0n) is 13.5. The SMILES string of the molecule is CC(C)CC(NCCOC=O)C1(c2ccc(F)cc2)CCC1. The molecule has 4 heteroatoms. The van der Waals surface area contributed by atoms with Gasteiger partial charge in [0.25, 0.3) is 6.47 Å². The fraction of sp³-hybridized carbons (Fsp3) is 0.611. The summed E-state index contributed by atoms with van der Waals surface area (Å²) in [6.07, 6.45) is 4.51. The summed E-state index contributed by atoms with van der Waals surface area (Å²) in [7, 11) is 0. The molecule has 3 nitrogen and oxygen atoms in total. The molecule has 2 rings (SSSR count). The van der Waals surface area contributed by atoms with E-state index >= 15 is 0 Å². The maximum absolute atomic E-state index is 13.2. The molecule has 22 heavy (non-hydrogen) atoms. The molecule has 0 aromatic heterocycles. The first-order valence-corrected chi connectivity index (χ1v) is 8.13. The average molecular weight is 307 g/mol. The smallest absolute Gasteiger partial charge is 0.293 e. The summed E-state index contributed by atoms with van der Waals surface area (Å²) in [6.45, 7) is 5.95. The molecular weight excluding hydrogens is 281 g/mol. The Hall–Kier alpha value is -1.42. The van der Waals surface area contributed by atoms with E-state index in [9.17, 15) is 9.18 Å². The lowest BCUT2D eigenvalue weighted by Crippen LogP contribution is -2.54. The lowest BCUT2D eigenvalue weighted by molar-refractivity contribution is -0.128. The summed E-state index contributed by atoms with van der Waals surface area (Å²) in [5.41, 5.74) is 1.30. The van der Waals surface area contributed by atoms with Gasteiger partial charge in [0.1, 0.15) is 12.4 Å². The summed E-state index contributed by atoms with van der Waals surface area (Å²) in [6, 6.07) is 7.27. The molecule has 1 atom stereocenters. The van der Waals surface area contributed by atoms with Gasteiger partial charge in [0.2, 0.25) is 0 Å². The molecule has 122 valence electrons. The van der Waals surface area contributed by atoms with Gasteiger partial charge in [0, 0.05) is 18.0 Å². The Morgan fingerprint density at radius 2 is 2.00 bits per heavy atom. The molecule has 1 fully saturated rings. The number of rotatable bonds is 9. The quantitative estimate of drug-likeness (QED) is 0.561. The highest BCUT2D eigenvalue weighted by atomic mass is 19.1. The minimum atomic E-state index is -0.189. The molecule has 0 aliphatic heterocycles. The van der Waals surface area contributed by atoms with E-state index in [4.69, 9.17) is 4.74 Å². The highest BCUT2D eigenvalue weighted by molar-refractivity contribution is 5.36. The molecule has 0 spiro atoms. The number of carbonyl (C=O) groups excluding carboxylic acids is 1. The molecular formula is C18H26FNO2. The van der Waals surface area contributed by atoms with Gasteiger partial charge in [-0.3, -0.25) is 4.79 Å². The highest BCUT2D eigenvalue weighted by Gasteiger charge is 2.45. The maximum Gasteiger partial charge on any atom is 0.293 e. The van der Waals surface area contributed by atoms with E-state index in [1.54, 1.807) is 12.1 Å². The topological polar surface area (TPSA) is 38.3 Å². The van der Waals surface area contributed by atoms with Gasteiger partial charge in [-0.25, -0.2) is 4.39 Å². The first-order valence-electron chi connectivity index (χ1n) is 8.13. The zero-order valence-corrected chi connectivity index (χ0v) is 13.5. The average Bonchev–Trinajstić information content (AvgIpc) is 2.43. The van der Waals surface area contributed by atoms with Crippen molar-refractivity contribution in [2.45, 2.75) is 51.0 Å². The standard InChI is InChI=1S/C18H26FNO2/c1-14(2)12-17(20-10-11-22-13-21)18(8-3-9-18)15-4-6-16(19)7-5-15/h4-7,13-14,17,20H,3,8-12H2,1-2H3. The molecule has 1 aliphatic carbocycles. The number of nitrogens with one attached hydrogen (secondary N) is 1. The van der Waals surface area contributed by atoms with Crippen LogP contribution in [0.15, 0.2) is 24.3 Å². The molecule has 1 saturated carbocycles. The Kier molecular flexibility index (Phi) is 5.95. The van der Waals surface area contributed by atoms with Crippen molar-refractivity contribution in [2.75, 3.05) is 13.2 Å². The molecule has 1 aliphatic rings. The van der Waals surface area contributed by atoms with Crippen molar-refractivity contribution in [1.82, 2.24) is 5.32 Å². The fourth-order valence-electron chi connectivity index (χ4n) is 3.49. The Bertz CT molecular complexity index is 468. The fourth-order valence-corrected chi connectivity index (χ4v) is 3.49. The molecule has 1 aromatic rings. The normalized spacial score (nSPS) is 17.8. The van der Waals surface area contributed by atoms with E-state index in [1.807, 2.05) is 12.1 Å². The van der Waals surface area contributed by atoms with Crippen LogP contribution in [0.5, 0.6) is 0 Å². The lowest BCUT2D eigenvalue weighted by atomic mass is 9.59. The van der Waals surface area contributed by atoms with Crippen LogP contribution in [0.25, 0.3) is 0 Å². The van der Waals surface area contributed by atoms with E-state index in [-0.39, 0.29) is 11.2 Å². The first kappa shape index (κ1) is 16.9. The van der Waals surface area contributed by atoms with E-state index in [0.29, 0.717) is 31.6 Å². The van der Waals surface area contributed by atoms with Crippen LogP contribution in [0, 0.1) is 11.7 Å².